The summed E-state index contributed by atoms with van der Waals surface area (Å²) in [6, 6.07) is 6.65. The van der Waals surface area contributed by atoms with Gasteiger partial charge in [-0.15, -0.1) is 0 Å². The minimum atomic E-state index is -3.22. The maximum absolute atomic E-state index is 11.9. The predicted octanol–water partition coefficient (Wildman–Crippen LogP) is 1.79. The van der Waals surface area contributed by atoms with Crippen LogP contribution in [-0.2, 0) is 14.8 Å². The van der Waals surface area contributed by atoms with Crippen molar-refractivity contribution in [3.8, 4) is 0 Å². The quantitative estimate of drug-likeness (QED) is 0.795. The maximum Gasteiger partial charge on any atom is 0.338 e. The zero-order chi connectivity index (χ0) is 14.2. The van der Waals surface area contributed by atoms with E-state index in [9.17, 15) is 13.2 Å². The SMILES string of the molecule is O=C(OCC1CC1)c1cccc(N2CCCS2(=O)=O)c1. The van der Waals surface area contributed by atoms with Crippen molar-refractivity contribution in [2.24, 2.45) is 5.92 Å². The van der Waals surface area contributed by atoms with E-state index in [2.05, 4.69) is 0 Å². The fraction of sp³-hybridized carbons (Fsp3) is 0.500. The van der Waals surface area contributed by atoms with Crippen molar-refractivity contribution in [2.45, 2.75) is 19.3 Å². The Hall–Kier alpha value is -1.56. The van der Waals surface area contributed by atoms with Crippen LogP contribution in [0.1, 0.15) is 29.6 Å². The second-order valence-corrected chi connectivity index (χ2v) is 7.35. The van der Waals surface area contributed by atoms with E-state index in [1.165, 1.54) is 4.31 Å². The largest absolute Gasteiger partial charge is 0.462 e. The molecular weight excluding hydrogens is 278 g/mol. The molecule has 20 heavy (non-hydrogen) atoms. The fourth-order valence-electron chi connectivity index (χ4n) is 2.28. The van der Waals surface area contributed by atoms with Crippen LogP contribution in [0.15, 0.2) is 24.3 Å². The van der Waals surface area contributed by atoms with E-state index in [1.54, 1.807) is 24.3 Å². The van der Waals surface area contributed by atoms with E-state index >= 15 is 0 Å². The molecule has 1 saturated heterocycles. The van der Waals surface area contributed by atoms with Gasteiger partial charge in [0.15, 0.2) is 0 Å². The number of anilines is 1. The summed E-state index contributed by atoms with van der Waals surface area (Å²) in [5, 5.41) is 0. The van der Waals surface area contributed by atoms with Crippen LogP contribution in [0.3, 0.4) is 0 Å². The molecule has 0 radical (unpaired) electrons. The van der Waals surface area contributed by atoms with Gasteiger partial charge in [-0.25, -0.2) is 13.2 Å². The van der Waals surface area contributed by atoms with Crippen LogP contribution in [0.25, 0.3) is 0 Å². The minimum Gasteiger partial charge on any atom is -0.462 e. The Labute approximate surface area is 118 Å². The van der Waals surface area contributed by atoms with Gasteiger partial charge in [0.1, 0.15) is 0 Å². The molecule has 1 aliphatic heterocycles. The smallest absolute Gasteiger partial charge is 0.338 e. The van der Waals surface area contributed by atoms with Gasteiger partial charge in [-0.05, 0) is 43.4 Å². The molecule has 2 aliphatic rings. The lowest BCUT2D eigenvalue weighted by Crippen LogP contribution is -2.25. The zero-order valence-electron chi connectivity index (χ0n) is 11.1. The van der Waals surface area contributed by atoms with Crippen LogP contribution >= 0.6 is 0 Å². The molecule has 0 bridgehead atoms. The molecule has 0 spiro atoms. The highest BCUT2D eigenvalue weighted by Gasteiger charge is 2.29. The molecule has 1 saturated carbocycles. The highest BCUT2D eigenvalue weighted by atomic mass is 32.2. The molecule has 2 fully saturated rings. The van der Waals surface area contributed by atoms with E-state index < -0.39 is 10.0 Å². The highest BCUT2D eigenvalue weighted by Crippen LogP contribution is 2.29. The van der Waals surface area contributed by atoms with E-state index in [4.69, 9.17) is 4.74 Å². The third kappa shape index (κ3) is 2.80. The lowest BCUT2D eigenvalue weighted by atomic mass is 10.2. The van der Waals surface area contributed by atoms with Crippen LogP contribution < -0.4 is 4.31 Å². The number of ether oxygens (including phenoxy) is 1. The van der Waals surface area contributed by atoms with Crippen LogP contribution in [-0.4, -0.2) is 33.3 Å². The maximum atomic E-state index is 11.9. The molecule has 0 unspecified atom stereocenters. The minimum absolute atomic E-state index is 0.170. The number of hydrogen-bond acceptors (Lipinski definition) is 4. The molecule has 108 valence electrons. The Morgan fingerprint density at radius 2 is 2.15 bits per heavy atom. The van der Waals surface area contributed by atoms with Crippen LogP contribution in [0.2, 0.25) is 0 Å². The Morgan fingerprint density at radius 1 is 1.35 bits per heavy atom. The van der Waals surface area contributed by atoms with Gasteiger partial charge in [0, 0.05) is 6.54 Å². The number of esters is 1. The van der Waals surface area contributed by atoms with Gasteiger partial charge in [0.25, 0.3) is 0 Å². The summed E-state index contributed by atoms with van der Waals surface area (Å²) in [5.41, 5.74) is 0.952. The Balaban J connectivity index is 1.76. The van der Waals surface area contributed by atoms with Crippen molar-refractivity contribution in [3.05, 3.63) is 29.8 Å². The zero-order valence-corrected chi connectivity index (χ0v) is 11.9. The van der Waals surface area contributed by atoms with Crippen LogP contribution in [0, 0.1) is 5.92 Å². The first-order valence-corrected chi connectivity index (χ1v) is 8.45. The molecule has 1 aromatic carbocycles. The van der Waals surface area contributed by atoms with Crippen LogP contribution in [0.5, 0.6) is 0 Å². The van der Waals surface area contributed by atoms with Crippen molar-refractivity contribution >= 4 is 21.7 Å². The summed E-state index contributed by atoms with van der Waals surface area (Å²) in [7, 11) is -3.22. The summed E-state index contributed by atoms with van der Waals surface area (Å²) in [4.78, 5) is 11.9. The van der Waals surface area contributed by atoms with Crippen molar-refractivity contribution in [3.63, 3.8) is 0 Å². The molecule has 0 N–H and O–H groups in total. The number of carbonyl (C=O) groups excluding carboxylic acids is 1. The first-order chi connectivity index (χ1) is 9.56. The van der Waals surface area contributed by atoms with Gasteiger partial charge < -0.3 is 4.74 Å². The summed E-state index contributed by atoms with van der Waals surface area (Å²) in [6.45, 7) is 0.938. The third-order valence-corrected chi connectivity index (χ3v) is 5.49. The average Bonchev–Trinajstić information content (AvgIpc) is 3.19. The van der Waals surface area contributed by atoms with Crippen molar-refractivity contribution in [1.82, 2.24) is 0 Å². The normalized spacial score (nSPS) is 20.9. The summed E-state index contributed by atoms with van der Waals surface area (Å²) in [6.07, 6.45) is 2.87. The Kier molecular flexibility index (Phi) is 3.41. The molecule has 0 atom stereocenters. The molecular formula is C14H17NO4S. The summed E-state index contributed by atoms with van der Waals surface area (Å²) in [5.74, 6) is 0.306. The van der Waals surface area contributed by atoms with Crippen molar-refractivity contribution < 1.29 is 17.9 Å². The molecule has 0 amide bonds. The number of rotatable bonds is 4. The number of sulfonamides is 1. The van der Waals surface area contributed by atoms with Crippen molar-refractivity contribution in [2.75, 3.05) is 23.2 Å². The Morgan fingerprint density at radius 3 is 2.80 bits per heavy atom. The van der Waals surface area contributed by atoms with E-state index in [1.807, 2.05) is 0 Å². The third-order valence-electron chi connectivity index (χ3n) is 3.62. The van der Waals surface area contributed by atoms with Gasteiger partial charge in [0.05, 0.1) is 23.6 Å². The fourth-order valence-corrected chi connectivity index (χ4v) is 3.84. The standard InChI is InChI=1S/C14H17NO4S/c16-14(19-10-11-5-6-11)12-3-1-4-13(9-12)15-7-2-8-20(15,17)18/h1,3-4,9,11H,2,5-8,10H2. The molecule has 1 aliphatic carbocycles. The average molecular weight is 295 g/mol. The molecule has 1 heterocycles. The molecule has 1 aromatic rings. The first kappa shape index (κ1) is 13.4. The van der Waals surface area contributed by atoms with Gasteiger partial charge in [-0.3, -0.25) is 4.31 Å². The first-order valence-electron chi connectivity index (χ1n) is 6.84. The summed E-state index contributed by atoms with van der Waals surface area (Å²) >= 11 is 0. The highest BCUT2D eigenvalue weighted by molar-refractivity contribution is 7.93. The van der Waals surface area contributed by atoms with E-state index in [0.717, 1.165) is 12.8 Å². The van der Waals surface area contributed by atoms with Gasteiger partial charge in [-0.1, -0.05) is 6.07 Å². The number of carbonyl (C=O) groups is 1. The number of nitrogens with zero attached hydrogens (tertiary/aromatic N) is 1. The van der Waals surface area contributed by atoms with Crippen molar-refractivity contribution in [1.29, 1.82) is 0 Å². The van der Waals surface area contributed by atoms with E-state index in [-0.39, 0.29) is 11.7 Å². The summed E-state index contributed by atoms with van der Waals surface area (Å²) < 4.78 is 30.3. The monoisotopic (exact) mass is 295 g/mol. The number of hydrogen-bond donors (Lipinski definition) is 0. The molecule has 3 rings (SSSR count). The lowest BCUT2D eigenvalue weighted by molar-refractivity contribution is 0.0486. The topological polar surface area (TPSA) is 63.7 Å². The predicted molar refractivity (Wildman–Crippen MR) is 75.2 cm³/mol. The van der Waals surface area contributed by atoms with Gasteiger partial charge in [0.2, 0.25) is 10.0 Å². The second kappa shape index (κ2) is 5.09. The van der Waals surface area contributed by atoms with Gasteiger partial charge >= 0.3 is 5.97 Å². The second-order valence-electron chi connectivity index (χ2n) is 5.33. The Bertz CT molecular complexity index is 622. The van der Waals surface area contributed by atoms with E-state index in [0.29, 0.717) is 36.7 Å². The molecule has 5 nitrogen and oxygen atoms in total. The number of benzene rings is 1. The lowest BCUT2D eigenvalue weighted by Gasteiger charge is -2.17. The molecule has 0 aromatic heterocycles. The van der Waals surface area contributed by atoms with Gasteiger partial charge in [-0.2, -0.15) is 0 Å². The molecule has 6 heteroatoms. The van der Waals surface area contributed by atoms with Crippen LogP contribution in [0.4, 0.5) is 5.69 Å².